The SMILES string of the molecule is Cc1ccc(-n2nc(CNC(=O)C(F)(F)F)c3cc(OCc4ccccc4)ccc32)cc1. The number of carbonyl (C=O) groups is 1. The highest BCUT2D eigenvalue weighted by molar-refractivity contribution is 5.86. The van der Waals surface area contributed by atoms with Gasteiger partial charge in [0.05, 0.1) is 23.4 Å². The molecule has 1 amide bonds. The summed E-state index contributed by atoms with van der Waals surface area (Å²) in [5.41, 5.74) is 3.81. The molecule has 1 aromatic heterocycles. The van der Waals surface area contributed by atoms with Crippen LogP contribution < -0.4 is 10.1 Å². The van der Waals surface area contributed by atoms with Crippen molar-refractivity contribution in [1.82, 2.24) is 15.1 Å². The lowest BCUT2D eigenvalue weighted by Gasteiger charge is -2.08. The van der Waals surface area contributed by atoms with Gasteiger partial charge in [0.25, 0.3) is 0 Å². The summed E-state index contributed by atoms with van der Waals surface area (Å²) in [6, 6.07) is 22.5. The Morgan fingerprint density at radius 3 is 2.44 bits per heavy atom. The van der Waals surface area contributed by atoms with Crippen LogP contribution in [0.5, 0.6) is 5.75 Å². The molecular weight excluding hydrogens is 419 g/mol. The third kappa shape index (κ3) is 4.74. The lowest BCUT2D eigenvalue weighted by Crippen LogP contribution is -2.36. The first-order chi connectivity index (χ1) is 15.3. The maximum absolute atomic E-state index is 12.6. The van der Waals surface area contributed by atoms with Gasteiger partial charge in [-0.2, -0.15) is 18.3 Å². The number of ether oxygens (including phenoxy) is 1. The van der Waals surface area contributed by atoms with Crippen LogP contribution in [0.2, 0.25) is 0 Å². The smallest absolute Gasteiger partial charge is 0.471 e. The van der Waals surface area contributed by atoms with Gasteiger partial charge in [0, 0.05) is 5.39 Å². The van der Waals surface area contributed by atoms with Crippen LogP contribution in [0.3, 0.4) is 0 Å². The van der Waals surface area contributed by atoms with E-state index < -0.39 is 12.1 Å². The number of alkyl halides is 3. The van der Waals surface area contributed by atoms with E-state index in [1.807, 2.05) is 66.8 Å². The Morgan fingerprint density at radius 1 is 1.03 bits per heavy atom. The molecule has 5 nitrogen and oxygen atoms in total. The van der Waals surface area contributed by atoms with Gasteiger partial charge in [0.2, 0.25) is 0 Å². The van der Waals surface area contributed by atoms with E-state index in [-0.39, 0.29) is 6.54 Å². The standard InChI is InChI=1S/C24H20F3N3O2/c1-16-7-9-18(10-8-16)30-22-12-11-19(32-15-17-5-3-2-4-6-17)13-20(22)21(29-30)14-28-23(31)24(25,26)27/h2-13H,14-15H2,1H3,(H,28,31). The van der Waals surface area contributed by atoms with Crippen molar-refractivity contribution in [3.63, 3.8) is 0 Å². The van der Waals surface area contributed by atoms with Gasteiger partial charge in [-0.3, -0.25) is 4.79 Å². The summed E-state index contributed by atoms with van der Waals surface area (Å²) in [4.78, 5) is 11.3. The minimum atomic E-state index is -4.96. The number of nitrogens with one attached hydrogen (secondary N) is 1. The fraction of sp³-hybridized carbons (Fsp3) is 0.167. The Kier molecular flexibility index (Phi) is 5.85. The first-order valence-electron chi connectivity index (χ1n) is 9.92. The summed E-state index contributed by atoms with van der Waals surface area (Å²) in [6.07, 6.45) is -4.96. The molecule has 8 heteroatoms. The van der Waals surface area contributed by atoms with E-state index in [2.05, 4.69) is 5.10 Å². The van der Waals surface area contributed by atoms with Crippen LogP contribution in [0.4, 0.5) is 13.2 Å². The van der Waals surface area contributed by atoms with Gasteiger partial charge < -0.3 is 10.1 Å². The van der Waals surface area contributed by atoms with Gasteiger partial charge in [0.1, 0.15) is 12.4 Å². The van der Waals surface area contributed by atoms with Crippen molar-refractivity contribution < 1.29 is 22.7 Å². The minimum absolute atomic E-state index is 0.309. The largest absolute Gasteiger partial charge is 0.489 e. The molecule has 3 aromatic carbocycles. The average Bonchev–Trinajstić information content (AvgIpc) is 3.14. The van der Waals surface area contributed by atoms with E-state index in [0.29, 0.717) is 29.0 Å². The van der Waals surface area contributed by atoms with Crippen LogP contribution in [0, 0.1) is 6.92 Å². The van der Waals surface area contributed by atoms with Crippen molar-refractivity contribution in [3.8, 4) is 11.4 Å². The van der Waals surface area contributed by atoms with E-state index in [4.69, 9.17) is 4.74 Å². The van der Waals surface area contributed by atoms with Crippen LogP contribution in [-0.4, -0.2) is 21.9 Å². The fourth-order valence-electron chi connectivity index (χ4n) is 3.27. The number of carbonyl (C=O) groups excluding carboxylic acids is 1. The number of hydrogen-bond acceptors (Lipinski definition) is 3. The third-order valence-corrected chi connectivity index (χ3v) is 4.93. The highest BCUT2D eigenvalue weighted by Crippen LogP contribution is 2.27. The van der Waals surface area contributed by atoms with Crippen molar-refractivity contribution in [2.45, 2.75) is 26.3 Å². The summed E-state index contributed by atoms with van der Waals surface area (Å²) >= 11 is 0. The topological polar surface area (TPSA) is 56.2 Å². The van der Waals surface area contributed by atoms with E-state index in [1.54, 1.807) is 22.9 Å². The van der Waals surface area contributed by atoms with Crippen LogP contribution >= 0.6 is 0 Å². The molecule has 0 aliphatic heterocycles. The zero-order valence-corrected chi connectivity index (χ0v) is 17.2. The maximum Gasteiger partial charge on any atom is 0.471 e. The highest BCUT2D eigenvalue weighted by atomic mass is 19.4. The molecule has 0 aliphatic carbocycles. The molecular formula is C24H20F3N3O2. The summed E-state index contributed by atoms with van der Waals surface area (Å²) in [5, 5.41) is 6.98. The summed E-state index contributed by atoms with van der Waals surface area (Å²) in [7, 11) is 0. The van der Waals surface area contributed by atoms with Gasteiger partial charge in [-0.05, 0) is 42.8 Å². The van der Waals surface area contributed by atoms with Crippen molar-refractivity contribution in [1.29, 1.82) is 0 Å². The summed E-state index contributed by atoms with van der Waals surface area (Å²) in [5.74, 6) is -1.46. The number of hydrogen-bond donors (Lipinski definition) is 1. The maximum atomic E-state index is 12.6. The van der Waals surface area contributed by atoms with E-state index in [1.165, 1.54) is 0 Å². The van der Waals surface area contributed by atoms with Crippen molar-refractivity contribution in [2.75, 3.05) is 0 Å². The normalized spacial score (nSPS) is 11.5. The van der Waals surface area contributed by atoms with Gasteiger partial charge in [-0.25, -0.2) is 4.68 Å². The summed E-state index contributed by atoms with van der Waals surface area (Å²) < 4.78 is 45.4. The number of nitrogens with zero attached hydrogens (tertiary/aromatic N) is 2. The molecule has 0 bridgehead atoms. The minimum Gasteiger partial charge on any atom is -0.489 e. The summed E-state index contributed by atoms with van der Waals surface area (Å²) in [6.45, 7) is 1.94. The number of halogens is 3. The lowest BCUT2D eigenvalue weighted by molar-refractivity contribution is -0.173. The molecule has 0 spiro atoms. The zero-order chi connectivity index (χ0) is 22.7. The molecule has 4 aromatic rings. The molecule has 0 aliphatic rings. The van der Waals surface area contributed by atoms with Gasteiger partial charge in [-0.1, -0.05) is 48.0 Å². The Morgan fingerprint density at radius 2 is 1.75 bits per heavy atom. The van der Waals surface area contributed by atoms with Crippen molar-refractivity contribution >= 4 is 16.8 Å². The van der Waals surface area contributed by atoms with Crippen LogP contribution in [0.15, 0.2) is 72.8 Å². The highest BCUT2D eigenvalue weighted by Gasteiger charge is 2.38. The average molecular weight is 439 g/mol. The molecule has 0 fully saturated rings. The Hall–Kier alpha value is -3.81. The van der Waals surface area contributed by atoms with Gasteiger partial charge in [-0.15, -0.1) is 0 Å². The molecule has 164 valence electrons. The Labute approximate surface area is 182 Å². The Bertz CT molecular complexity index is 1230. The molecule has 32 heavy (non-hydrogen) atoms. The molecule has 1 heterocycles. The van der Waals surface area contributed by atoms with Crippen molar-refractivity contribution in [3.05, 3.63) is 89.6 Å². The quantitative estimate of drug-likeness (QED) is 0.455. The second-order valence-corrected chi connectivity index (χ2v) is 7.33. The van der Waals surface area contributed by atoms with E-state index >= 15 is 0 Å². The van der Waals surface area contributed by atoms with Crippen LogP contribution in [-0.2, 0) is 17.9 Å². The first-order valence-corrected chi connectivity index (χ1v) is 9.92. The molecule has 1 N–H and O–H groups in total. The predicted octanol–water partition coefficient (Wildman–Crippen LogP) is 5.09. The van der Waals surface area contributed by atoms with Gasteiger partial charge in [0.15, 0.2) is 0 Å². The molecule has 0 saturated heterocycles. The molecule has 0 saturated carbocycles. The number of benzene rings is 3. The first kappa shape index (κ1) is 21.4. The number of fused-ring (bicyclic) bond motifs is 1. The van der Waals surface area contributed by atoms with E-state index in [9.17, 15) is 18.0 Å². The van der Waals surface area contributed by atoms with Crippen molar-refractivity contribution in [2.24, 2.45) is 0 Å². The van der Waals surface area contributed by atoms with Crippen LogP contribution in [0.1, 0.15) is 16.8 Å². The molecule has 4 rings (SSSR count). The van der Waals surface area contributed by atoms with E-state index in [0.717, 1.165) is 16.8 Å². The second-order valence-electron chi connectivity index (χ2n) is 7.33. The fourth-order valence-corrected chi connectivity index (χ4v) is 3.27. The molecule has 0 unspecified atom stereocenters. The second kappa shape index (κ2) is 8.74. The Balaban J connectivity index is 1.68. The van der Waals surface area contributed by atoms with Gasteiger partial charge >= 0.3 is 12.1 Å². The number of aryl methyl sites for hydroxylation is 1. The van der Waals surface area contributed by atoms with Crippen LogP contribution in [0.25, 0.3) is 16.6 Å². The number of amides is 1. The molecule has 0 radical (unpaired) electrons. The molecule has 0 atom stereocenters. The monoisotopic (exact) mass is 439 g/mol. The third-order valence-electron chi connectivity index (χ3n) is 4.93. The lowest BCUT2D eigenvalue weighted by atomic mass is 10.2. The number of rotatable bonds is 6. The zero-order valence-electron chi connectivity index (χ0n) is 17.2. The number of aromatic nitrogens is 2. The predicted molar refractivity (Wildman–Crippen MR) is 114 cm³/mol.